The SMILES string of the molecule is CCOc1ccc(C(=O)NC(=S)Nc2ccc(OC)c(Cl)c2)cc1. The van der Waals surface area contributed by atoms with E-state index >= 15 is 0 Å². The summed E-state index contributed by atoms with van der Waals surface area (Å²) in [6, 6.07) is 11.9. The first-order chi connectivity index (χ1) is 11.5. The molecule has 0 heterocycles. The van der Waals surface area contributed by atoms with Crippen LogP contribution in [0.15, 0.2) is 42.5 Å². The Hall–Kier alpha value is -2.31. The van der Waals surface area contributed by atoms with Crippen molar-refractivity contribution < 1.29 is 14.3 Å². The van der Waals surface area contributed by atoms with Crippen molar-refractivity contribution >= 4 is 40.5 Å². The molecule has 1 amide bonds. The molecule has 2 N–H and O–H groups in total. The van der Waals surface area contributed by atoms with Gasteiger partial charge in [-0.1, -0.05) is 11.6 Å². The van der Waals surface area contributed by atoms with Crippen molar-refractivity contribution in [3.05, 3.63) is 53.1 Å². The zero-order valence-corrected chi connectivity index (χ0v) is 14.8. The highest BCUT2D eigenvalue weighted by molar-refractivity contribution is 7.80. The Labute approximate surface area is 150 Å². The third-order valence-electron chi connectivity index (χ3n) is 3.06. The van der Waals surface area contributed by atoms with Crippen molar-refractivity contribution in [3.8, 4) is 11.5 Å². The quantitative estimate of drug-likeness (QED) is 0.788. The van der Waals surface area contributed by atoms with E-state index in [0.29, 0.717) is 34.4 Å². The number of amides is 1. The Morgan fingerprint density at radius 1 is 1.21 bits per heavy atom. The summed E-state index contributed by atoms with van der Waals surface area (Å²) in [6.45, 7) is 2.47. The normalized spacial score (nSPS) is 9.96. The molecule has 2 aromatic rings. The standard InChI is InChI=1S/C17H17ClN2O3S/c1-3-23-13-7-4-11(5-8-13)16(21)20-17(24)19-12-6-9-15(22-2)14(18)10-12/h4-10H,3H2,1-2H3,(H2,19,20,21,24). The summed E-state index contributed by atoms with van der Waals surface area (Å²) in [7, 11) is 1.54. The van der Waals surface area contributed by atoms with Gasteiger partial charge in [0.15, 0.2) is 5.11 Å². The molecule has 126 valence electrons. The minimum Gasteiger partial charge on any atom is -0.495 e. The fourth-order valence-electron chi connectivity index (χ4n) is 1.95. The molecule has 0 radical (unpaired) electrons. The number of anilines is 1. The van der Waals surface area contributed by atoms with Crippen LogP contribution in [0.3, 0.4) is 0 Å². The zero-order chi connectivity index (χ0) is 17.5. The first-order valence-corrected chi connectivity index (χ1v) is 8.01. The number of hydrogen-bond donors (Lipinski definition) is 2. The van der Waals surface area contributed by atoms with E-state index in [2.05, 4.69) is 10.6 Å². The summed E-state index contributed by atoms with van der Waals surface area (Å²) < 4.78 is 10.4. The molecule has 5 nitrogen and oxygen atoms in total. The number of carbonyl (C=O) groups is 1. The smallest absolute Gasteiger partial charge is 0.257 e. The highest BCUT2D eigenvalue weighted by atomic mass is 35.5. The van der Waals surface area contributed by atoms with Crippen LogP contribution in [0.2, 0.25) is 5.02 Å². The second kappa shape index (κ2) is 8.52. The molecule has 2 rings (SSSR count). The number of benzene rings is 2. The van der Waals surface area contributed by atoms with Gasteiger partial charge in [-0.25, -0.2) is 0 Å². The average Bonchev–Trinajstić information content (AvgIpc) is 2.56. The highest BCUT2D eigenvalue weighted by Crippen LogP contribution is 2.27. The average molecular weight is 365 g/mol. The number of rotatable bonds is 5. The molecule has 0 atom stereocenters. The molecule has 0 aromatic heterocycles. The van der Waals surface area contributed by atoms with Gasteiger partial charge in [-0.05, 0) is 61.6 Å². The van der Waals surface area contributed by atoms with Gasteiger partial charge in [0, 0.05) is 11.3 Å². The lowest BCUT2D eigenvalue weighted by Crippen LogP contribution is -2.34. The van der Waals surface area contributed by atoms with Crippen molar-refractivity contribution in [3.63, 3.8) is 0 Å². The number of nitrogens with one attached hydrogen (secondary N) is 2. The van der Waals surface area contributed by atoms with Crippen LogP contribution < -0.4 is 20.1 Å². The maximum Gasteiger partial charge on any atom is 0.257 e. The zero-order valence-electron chi connectivity index (χ0n) is 13.3. The summed E-state index contributed by atoms with van der Waals surface area (Å²) >= 11 is 11.2. The van der Waals surface area contributed by atoms with E-state index in [9.17, 15) is 4.79 Å². The third kappa shape index (κ3) is 4.84. The molecule has 0 saturated heterocycles. The first-order valence-electron chi connectivity index (χ1n) is 7.22. The second-order valence-corrected chi connectivity index (χ2v) is 5.53. The third-order valence-corrected chi connectivity index (χ3v) is 3.56. The van der Waals surface area contributed by atoms with E-state index in [1.54, 1.807) is 42.5 Å². The monoisotopic (exact) mass is 364 g/mol. The van der Waals surface area contributed by atoms with Gasteiger partial charge in [-0.15, -0.1) is 0 Å². The minimum absolute atomic E-state index is 0.176. The van der Waals surface area contributed by atoms with Gasteiger partial charge in [0.2, 0.25) is 0 Å². The fourth-order valence-corrected chi connectivity index (χ4v) is 2.42. The van der Waals surface area contributed by atoms with Gasteiger partial charge in [0.1, 0.15) is 11.5 Å². The topological polar surface area (TPSA) is 59.6 Å². The number of methoxy groups -OCH3 is 1. The van der Waals surface area contributed by atoms with Crippen molar-refractivity contribution in [1.29, 1.82) is 0 Å². The van der Waals surface area contributed by atoms with Crippen LogP contribution in [0.1, 0.15) is 17.3 Å². The van der Waals surface area contributed by atoms with Crippen molar-refractivity contribution in [2.24, 2.45) is 0 Å². The molecule has 0 fully saturated rings. The van der Waals surface area contributed by atoms with E-state index in [4.69, 9.17) is 33.3 Å². The second-order valence-electron chi connectivity index (χ2n) is 4.71. The van der Waals surface area contributed by atoms with Crippen LogP contribution in [0, 0.1) is 0 Å². The molecule has 0 bridgehead atoms. The lowest BCUT2D eigenvalue weighted by Gasteiger charge is -2.11. The molecule has 2 aromatic carbocycles. The predicted molar refractivity (Wildman–Crippen MR) is 99.3 cm³/mol. The first kappa shape index (κ1) is 18.0. The summed E-state index contributed by atoms with van der Waals surface area (Å²) in [5.41, 5.74) is 1.13. The molecule has 0 aliphatic heterocycles. The van der Waals surface area contributed by atoms with Crippen LogP contribution in [0.5, 0.6) is 11.5 Å². The van der Waals surface area contributed by atoms with Gasteiger partial charge in [0.05, 0.1) is 18.7 Å². The number of ether oxygens (including phenoxy) is 2. The predicted octanol–water partition coefficient (Wildman–Crippen LogP) is 3.87. The lowest BCUT2D eigenvalue weighted by molar-refractivity contribution is 0.0977. The van der Waals surface area contributed by atoms with Gasteiger partial charge < -0.3 is 14.8 Å². The van der Waals surface area contributed by atoms with E-state index in [1.165, 1.54) is 7.11 Å². The number of halogens is 1. The van der Waals surface area contributed by atoms with Gasteiger partial charge in [0.25, 0.3) is 5.91 Å². The van der Waals surface area contributed by atoms with Gasteiger partial charge in [-0.2, -0.15) is 0 Å². The van der Waals surface area contributed by atoms with Crippen molar-refractivity contribution in [2.75, 3.05) is 19.0 Å². The highest BCUT2D eigenvalue weighted by Gasteiger charge is 2.09. The molecule has 0 saturated carbocycles. The van der Waals surface area contributed by atoms with Crippen LogP contribution in [0.25, 0.3) is 0 Å². The molecule has 0 aliphatic carbocycles. The Morgan fingerprint density at radius 2 is 1.92 bits per heavy atom. The Bertz CT molecular complexity index is 735. The van der Waals surface area contributed by atoms with E-state index in [1.807, 2.05) is 6.92 Å². The maximum absolute atomic E-state index is 12.2. The summed E-state index contributed by atoms with van der Waals surface area (Å²) in [4.78, 5) is 12.2. The van der Waals surface area contributed by atoms with Crippen LogP contribution >= 0.6 is 23.8 Å². The van der Waals surface area contributed by atoms with Gasteiger partial charge in [-0.3, -0.25) is 10.1 Å². The van der Waals surface area contributed by atoms with E-state index in [-0.39, 0.29) is 11.0 Å². The largest absolute Gasteiger partial charge is 0.495 e. The molecular weight excluding hydrogens is 348 g/mol. The Morgan fingerprint density at radius 3 is 2.50 bits per heavy atom. The lowest BCUT2D eigenvalue weighted by atomic mass is 10.2. The molecule has 7 heteroatoms. The van der Waals surface area contributed by atoms with Crippen LogP contribution in [-0.4, -0.2) is 24.7 Å². The Kier molecular flexibility index (Phi) is 6.40. The molecule has 0 unspecified atom stereocenters. The summed E-state index contributed by atoms with van der Waals surface area (Å²) in [6.07, 6.45) is 0. The summed E-state index contributed by atoms with van der Waals surface area (Å²) in [5.74, 6) is 0.962. The van der Waals surface area contributed by atoms with Crippen LogP contribution in [-0.2, 0) is 0 Å². The summed E-state index contributed by atoms with van der Waals surface area (Å²) in [5, 5.41) is 6.14. The molecule has 0 aliphatic rings. The fraction of sp³-hybridized carbons (Fsp3) is 0.176. The van der Waals surface area contributed by atoms with Crippen molar-refractivity contribution in [2.45, 2.75) is 6.92 Å². The number of carbonyl (C=O) groups excluding carboxylic acids is 1. The Balaban J connectivity index is 1.96. The maximum atomic E-state index is 12.2. The number of thiocarbonyl (C=S) groups is 1. The molecular formula is C17H17ClN2O3S. The van der Waals surface area contributed by atoms with Crippen LogP contribution in [0.4, 0.5) is 5.69 Å². The molecule has 0 spiro atoms. The van der Waals surface area contributed by atoms with E-state index < -0.39 is 0 Å². The number of hydrogen-bond acceptors (Lipinski definition) is 4. The van der Waals surface area contributed by atoms with E-state index in [0.717, 1.165) is 0 Å². The molecule has 24 heavy (non-hydrogen) atoms. The van der Waals surface area contributed by atoms with Gasteiger partial charge >= 0.3 is 0 Å². The van der Waals surface area contributed by atoms with Crippen molar-refractivity contribution in [1.82, 2.24) is 5.32 Å². The minimum atomic E-state index is -0.310.